The maximum atomic E-state index is 12.1. The van der Waals surface area contributed by atoms with E-state index in [2.05, 4.69) is 44.4 Å². The zero-order valence-electron chi connectivity index (χ0n) is 12.6. The van der Waals surface area contributed by atoms with Crippen molar-refractivity contribution in [2.24, 2.45) is 11.7 Å². The molecule has 6 heteroatoms. The van der Waals surface area contributed by atoms with Gasteiger partial charge in [0.05, 0.1) is 6.04 Å². The van der Waals surface area contributed by atoms with E-state index in [1.165, 1.54) is 9.75 Å². The predicted octanol–water partition coefficient (Wildman–Crippen LogP) is 2.24. The number of nitrogens with one attached hydrogen (secondary N) is 2. The predicted molar refractivity (Wildman–Crippen MR) is 81.7 cm³/mol. The first kappa shape index (κ1) is 16.5. The summed E-state index contributed by atoms with van der Waals surface area (Å²) in [6.45, 7) is 9.84. The first-order valence-electron chi connectivity index (χ1n) is 6.65. The molecule has 0 aliphatic heterocycles. The molecule has 5 nitrogen and oxygen atoms in total. The highest BCUT2D eigenvalue weighted by Gasteiger charge is 2.24. The molecule has 2 atom stereocenters. The van der Waals surface area contributed by atoms with Crippen molar-refractivity contribution in [2.45, 2.75) is 46.7 Å². The lowest BCUT2D eigenvalue weighted by atomic mass is 9.96. The van der Waals surface area contributed by atoms with Crippen LogP contribution in [-0.2, 0) is 4.79 Å². The molecule has 112 valence electrons. The lowest BCUT2D eigenvalue weighted by molar-refractivity contribution is -0.123. The van der Waals surface area contributed by atoms with Crippen molar-refractivity contribution in [3.63, 3.8) is 0 Å². The maximum absolute atomic E-state index is 12.1. The fourth-order valence-corrected chi connectivity index (χ4v) is 3.09. The summed E-state index contributed by atoms with van der Waals surface area (Å²) in [6.07, 6.45) is 0. The van der Waals surface area contributed by atoms with Gasteiger partial charge in [-0.05, 0) is 38.3 Å². The van der Waals surface area contributed by atoms with E-state index in [4.69, 9.17) is 5.73 Å². The third-order valence-electron chi connectivity index (χ3n) is 3.13. The van der Waals surface area contributed by atoms with Crippen molar-refractivity contribution in [2.75, 3.05) is 0 Å². The van der Waals surface area contributed by atoms with Gasteiger partial charge in [-0.15, -0.1) is 11.3 Å². The van der Waals surface area contributed by atoms with Crippen LogP contribution < -0.4 is 16.4 Å². The van der Waals surface area contributed by atoms with Crippen LogP contribution in [0.25, 0.3) is 0 Å². The van der Waals surface area contributed by atoms with E-state index in [-0.39, 0.29) is 17.9 Å². The average Bonchev–Trinajstić information content (AvgIpc) is 2.63. The molecule has 1 rings (SSSR count). The Morgan fingerprint density at radius 3 is 2.20 bits per heavy atom. The second-order valence-corrected chi connectivity index (χ2v) is 6.79. The van der Waals surface area contributed by atoms with E-state index in [0.29, 0.717) is 0 Å². The molecule has 1 aromatic rings. The molecule has 0 fully saturated rings. The number of aryl methyl sites for hydroxylation is 2. The van der Waals surface area contributed by atoms with E-state index < -0.39 is 12.1 Å². The molecule has 0 aliphatic carbocycles. The molecule has 0 spiro atoms. The molecule has 0 aliphatic rings. The molecule has 4 N–H and O–H groups in total. The number of nitrogens with two attached hydrogens (primary N) is 1. The minimum atomic E-state index is -0.698. The third kappa shape index (κ3) is 4.23. The van der Waals surface area contributed by atoms with Crippen molar-refractivity contribution >= 4 is 23.3 Å². The van der Waals surface area contributed by atoms with Crippen LogP contribution >= 0.6 is 11.3 Å². The van der Waals surface area contributed by atoms with Gasteiger partial charge in [0.25, 0.3) is 0 Å². The van der Waals surface area contributed by atoms with E-state index in [0.717, 1.165) is 5.56 Å². The topological polar surface area (TPSA) is 84.2 Å². The van der Waals surface area contributed by atoms with Crippen molar-refractivity contribution < 1.29 is 9.59 Å². The molecule has 0 saturated carbocycles. The summed E-state index contributed by atoms with van der Waals surface area (Å²) in [5.41, 5.74) is 6.17. The molecule has 0 bridgehead atoms. The Hall–Kier alpha value is -1.56. The Morgan fingerprint density at radius 1 is 1.20 bits per heavy atom. The molecule has 0 unspecified atom stereocenters. The van der Waals surface area contributed by atoms with Crippen molar-refractivity contribution in [1.82, 2.24) is 10.6 Å². The zero-order chi connectivity index (χ0) is 15.4. The van der Waals surface area contributed by atoms with Crippen molar-refractivity contribution in [3.05, 3.63) is 21.4 Å². The number of hydrogen-bond acceptors (Lipinski definition) is 3. The van der Waals surface area contributed by atoms with Gasteiger partial charge in [0.1, 0.15) is 6.04 Å². The fraction of sp³-hybridized carbons (Fsp3) is 0.571. The Morgan fingerprint density at radius 2 is 1.80 bits per heavy atom. The number of rotatable bonds is 5. The van der Waals surface area contributed by atoms with E-state index in [1.54, 1.807) is 18.3 Å². The van der Waals surface area contributed by atoms with Gasteiger partial charge in [-0.1, -0.05) is 13.8 Å². The third-order valence-corrected chi connectivity index (χ3v) is 4.11. The molecule has 3 amide bonds. The van der Waals surface area contributed by atoms with Gasteiger partial charge in [0.15, 0.2) is 0 Å². The number of primary amides is 1. The molecule has 1 aromatic heterocycles. The largest absolute Gasteiger partial charge is 0.352 e. The Labute approximate surface area is 123 Å². The standard InChI is InChI=1S/C14H23N3O2S/c1-7(2)12(11-6-8(3)20-10(11)5)17-13(18)9(4)16-14(15)19/h6-7,9,12H,1-5H3,(H,17,18)(H3,15,16,19)/t9-,12-/m1/s1. The van der Waals surface area contributed by atoms with Crippen LogP contribution in [0.2, 0.25) is 0 Å². The fourth-order valence-electron chi connectivity index (χ4n) is 2.12. The van der Waals surface area contributed by atoms with Crippen LogP contribution in [0.3, 0.4) is 0 Å². The highest BCUT2D eigenvalue weighted by molar-refractivity contribution is 7.12. The SMILES string of the molecule is Cc1cc([C@H](NC(=O)[C@@H](C)NC(N)=O)C(C)C)c(C)s1. The molecule has 20 heavy (non-hydrogen) atoms. The molecule has 1 heterocycles. The Balaban J connectivity index is 2.86. The summed E-state index contributed by atoms with van der Waals surface area (Å²) in [7, 11) is 0. The van der Waals surface area contributed by atoms with Crippen LogP contribution in [0.4, 0.5) is 4.79 Å². The maximum Gasteiger partial charge on any atom is 0.312 e. The second kappa shape index (κ2) is 6.74. The van der Waals surface area contributed by atoms with E-state index in [9.17, 15) is 9.59 Å². The average molecular weight is 297 g/mol. The van der Waals surface area contributed by atoms with Gasteiger partial charge >= 0.3 is 6.03 Å². The molecule has 0 saturated heterocycles. The van der Waals surface area contributed by atoms with Crippen LogP contribution in [0.5, 0.6) is 0 Å². The Kier molecular flexibility index (Phi) is 5.56. The number of thiophene rings is 1. The van der Waals surface area contributed by atoms with E-state index >= 15 is 0 Å². The summed E-state index contributed by atoms with van der Waals surface area (Å²) in [5, 5.41) is 5.38. The van der Waals surface area contributed by atoms with Crippen LogP contribution in [0.15, 0.2) is 6.07 Å². The number of carbonyl (C=O) groups excluding carboxylic acids is 2. The van der Waals surface area contributed by atoms with Gasteiger partial charge in [0, 0.05) is 9.75 Å². The Bertz CT molecular complexity index is 497. The van der Waals surface area contributed by atoms with Gasteiger partial charge in [-0.2, -0.15) is 0 Å². The molecular weight excluding hydrogens is 274 g/mol. The van der Waals surface area contributed by atoms with Crippen LogP contribution in [-0.4, -0.2) is 18.0 Å². The van der Waals surface area contributed by atoms with Gasteiger partial charge in [0.2, 0.25) is 5.91 Å². The highest BCUT2D eigenvalue weighted by Crippen LogP contribution is 2.30. The zero-order valence-corrected chi connectivity index (χ0v) is 13.4. The smallest absolute Gasteiger partial charge is 0.312 e. The minimum Gasteiger partial charge on any atom is -0.352 e. The normalized spacial score (nSPS) is 13.9. The number of urea groups is 1. The lowest BCUT2D eigenvalue weighted by Gasteiger charge is -2.24. The highest BCUT2D eigenvalue weighted by atomic mass is 32.1. The minimum absolute atomic E-state index is 0.0652. The molecular formula is C14H23N3O2S. The van der Waals surface area contributed by atoms with Gasteiger partial charge in [-0.3, -0.25) is 4.79 Å². The second-order valence-electron chi connectivity index (χ2n) is 5.33. The first-order chi connectivity index (χ1) is 9.22. The summed E-state index contributed by atoms with van der Waals surface area (Å²) < 4.78 is 0. The first-order valence-corrected chi connectivity index (χ1v) is 7.47. The molecule has 0 aromatic carbocycles. The summed E-state index contributed by atoms with van der Waals surface area (Å²) in [4.78, 5) is 25.3. The summed E-state index contributed by atoms with van der Waals surface area (Å²) >= 11 is 1.72. The molecule has 0 radical (unpaired) electrons. The van der Waals surface area contributed by atoms with Crippen molar-refractivity contribution in [1.29, 1.82) is 0 Å². The summed E-state index contributed by atoms with van der Waals surface area (Å²) in [5.74, 6) is 0.0261. The number of amides is 3. The van der Waals surface area contributed by atoms with Crippen molar-refractivity contribution in [3.8, 4) is 0 Å². The van der Waals surface area contributed by atoms with Gasteiger partial charge < -0.3 is 16.4 Å². The monoisotopic (exact) mass is 297 g/mol. The number of hydrogen-bond donors (Lipinski definition) is 3. The van der Waals surface area contributed by atoms with Gasteiger partial charge in [-0.25, -0.2) is 4.79 Å². The number of carbonyl (C=O) groups is 2. The quantitative estimate of drug-likeness (QED) is 0.778. The summed E-state index contributed by atoms with van der Waals surface area (Å²) in [6, 6.07) is 0.701. The van der Waals surface area contributed by atoms with Crippen LogP contribution in [0.1, 0.15) is 42.1 Å². The van der Waals surface area contributed by atoms with E-state index in [1.807, 2.05) is 0 Å². The van der Waals surface area contributed by atoms with Crippen LogP contribution in [0, 0.1) is 19.8 Å². The lowest BCUT2D eigenvalue weighted by Crippen LogP contribution is -2.48.